The summed E-state index contributed by atoms with van der Waals surface area (Å²) in [6.07, 6.45) is 2.20. The Hall–Kier alpha value is -1.36. The molecule has 1 aromatic rings. The van der Waals surface area contributed by atoms with E-state index in [-0.39, 0.29) is 5.56 Å². The Morgan fingerprint density at radius 2 is 2.24 bits per heavy atom. The van der Waals surface area contributed by atoms with Gasteiger partial charge in [-0.3, -0.25) is 4.79 Å². The number of aromatic nitrogens is 2. The molecule has 0 aliphatic carbocycles. The number of aromatic amines is 1. The first-order valence-corrected chi connectivity index (χ1v) is 6.01. The number of methoxy groups -OCH3 is 1. The number of rotatable bonds is 3. The highest BCUT2D eigenvalue weighted by atomic mass is 16.5. The highest BCUT2D eigenvalue weighted by Gasteiger charge is 2.20. The first-order valence-electron chi connectivity index (χ1n) is 6.01. The summed E-state index contributed by atoms with van der Waals surface area (Å²) in [6.45, 7) is 4.53. The van der Waals surface area contributed by atoms with Gasteiger partial charge < -0.3 is 14.6 Å². The van der Waals surface area contributed by atoms with Crippen molar-refractivity contribution in [2.24, 2.45) is 5.92 Å². The fourth-order valence-corrected chi connectivity index (χ4v) is 2.29. The predicted molar refractivity (Wildman–Crippen MR) is 66.4 cm³/mol. The number of ether oxygens (including phenoxy) is 1. The van der Waals surface area contributed by atoms with E-state index in [0.29, 0.717) is 11.7 Å². The molecule has 94 valence electrons. The zero-order valence-electron chi connectivity index (χ0n) is 10.4. The maximum Gasteiger partial charge on any atom is 0.252 e. The number of H-pyrrole nitrogens is 1. The van der Waals surface area contributed by atoms with E-state index in [0.717, 1.165) is 38.4 Å². The van der Waals surface area contributed by atoms with Gasteiger partial charge in [-0.15, -0.1) is 0 Å². The molecule has 1 aliphatic rings. The molecule has 5 heteroatoms. The summed E-state index contributed by atoms with van der Waals surface area (Å²) in [7, 11) is 1.74. The number of anilines is 1. The Kier molecular flexibility index (Phi) is 3.78. The molecule has 0 aromatic carbocycles. The number of hydrogen-bond acceptors (Lipinski definition) is 4. The SMILES string of the molecule is COCC1CCN(c2cc(=O)[nH]c(C)n2)CC1. The topological polar surface area (TPSA) is 58.2 Å². The van der Waals surface area contributed by atoms with Gasteiger partial charge in [0.15, 0.2) is 0 Å². The predicted octanol–water partition coefficient (Wildman–Crippen LogP) is 0.941. The Morgan fingerprint density at radius 3 is 2.82 bits per heavy atom. The van der Waals surface area contributed by atoms with E-state index in [2.05, 4.69) is 14.9 Å². The van der Waals surface area contributed by atoms with Crippen molar-refractivity contribution in [1.82, 2.24) is 9.97 Å². The largest absolute Gasteiger partial charge is 0.384 e. The molecule has 0 saturated carbocycles. The Bertz CT molecular complexity index is 422. The van der Waals surface area contributed by atoms with E-state index in [9.17, 15) is 4.79 Å². The second-order valence-corrected chi connectivity index (χ2v) is 4.57. The minimum Gasteiger partial charge on any atom is -0.384 e. The lowest BCUT2D eigenvalue weighted by Crippen LogP contribution is -2.36. The van der Waals surface area contributed by atoms with Crippen LogP contribution < -0.4 is 10.5 Å². The molecule has 0 radical (unpaired) electrons. The van der Waals surface area contributed by atoms with Crippen LogP contribution in [0, 0.1) is 12.8 Å². The van der Waals surface area contributed by atoms with Crippen LogP contribution in [0.3, 0.4) is 0 Å². The molecular formula is C12H19N3O2. The van der Waals surface area contributed by atoms with Gasteiger partial charge >= 0.3 is 0 Å². The molecule has 1 N–H and O–H groups in total. The molecule has 5 nitrogen and oxygen atoms in total. The lowest BCUT2D eigenvalue weighted by Gasteiger charge is -2.32. The summed E-state index contributed by atoms with van der Waals surface area (Å²) in [5.74, 6) is 2.10. The van der Waals surface area contributed by atoms with Gasteiger partial charge in [-0.2, -0.15) is 0 Å². The number of piperidine rings is 1. The van der Waals surface area contributed by atoms with Gasteiger partial charge in [-0.25, -0.2) is 4.98 Å². The lowest BCUT2D eigenvalue weighted by atomic mass is 9.98. The van der Waals surface area contributed by atoms with Gasteiger partial charge in [0, 0.05) is 32.9 Å². The van der Waals surface area contributed by atoms with Crippen LogP contribution in [0.2, 0.25) is 0 Å². The maximum absolute atomic E-state index is 11.4. The number of nitrogens with zero attached hydrogens (tertiary/aromatic N) is 2. The van der Waals surface area contributed by atoms with Crippen molar-refractivity contribution in [1.29, 1.82) is 0 Å². The normalized spacial score (nSPS) is 17.4. The van der Waals surface area contributed by atoms with Crippen molar-refractivity contribution >= 4 is 5.82 Å². The number of hydrogen-bond donors (Lipinski definition) is 1. The van der Waals surface area contributed by atoms with Gasteiger partial charge in [0.1, 0.15) is 11.6 Å². The highest BCUT2D eigenvalue weighted by Crippen LogP contribution is 2.20. The molecule has 2 rings (SSSR count). The molecule has 1 fully saturated rings. The molecule has 17 heavy (non-hydrogen) atoms. The smallest absolute Gasteiger partial charge is 0.252 e. The number of nitrogens with one attached hydrogen (secondary N) is 1. The van der Waals surface area contributed by atoms with Crippen LogP contribution >= 0.6 is 0 Å². The van der Waals surface area contributed by atoms with E-state index in [1.165, 1.54) is 0 Å². The van der Waals surface area contributed by atoms with Crippen LogP contribution in [-0.4, -0.2) is 36.8 Å². The van der Waals surface area contributed by atoms with Gasteiger partial charge in [0.25, 0.3) is 5.56 Å². The summed E-state index contributed by atoms with van der Waals surface area (Å²) in [4.78, 5) is 20.6. The van der Waals surface area contributed by atoms with Crippen LogP contribution in [0.4, 0.5) is 5.82 Å². The summed E-state index contributed by atoms with van der Waals surface area (Å²) in [5.41, 5.74) is -0.0773. The van der Waals surface area contributed by atoms with Crippen molar-refractivity contribution < 1.29 is 4.74 Å². The monoisotopic (exact) mass is 237 g/mol. The Balaban J connectivity index is 2.02. The van der Waals surface area contributed by atoms with Crippen molar-refractivity contribution in [3.8, 4) is 0 Å². The molecule has 1 aliphatic heterocycles. The fourth-order valence-electron chi connectivity index (χ4n) is 2.29. The minimum atomic E-state index is -0.0773. The second kappa shape index (κ2) is 5.31. The van der Waals surface area contributed by atoms with Crippen LogP contribution in [0.15, 0.2) is 10.9 Å². The van der Waals surface area contributed by atoms with Crippen LogP contribution in [0.5, 0.6) is 0 Å². The van der Waals surface area contributed by atoms with E-state index in [1.807, 2.05) is 6.92 Å². The molecule has 0 spiro atoms. The summed E-state index contributed by atoms with van der Waals surface area (Å²) >= 11 is 0. The quantitative estimate of drug-likeness (QED) is 0.850. The van der Waals surface area contributed by atoms with Crippen molar-refractivity contribution in [2.75, 3.05) is 31.7 Å². The van der Waals surface area contributed by atoms with Crippen LogP contribution in [0.1, 0.15) is 18.7 Å². The van der Waals surface area contributed by atoms with Crippen molar-refractivity contribution in [3.63, 3.8) is 0 Å². The molecule has 0 amide bonds. The van der Waals surface area contributed by atoms with Crippen molar-refractivity contribution in [2.45, 2.75) is 19.8 Å². The Morgan fingerprint density at radius 1 is 1.53 bits per heavy atom. The van der Waals surface area contributed by atoms with Gasteiger partial charge in [0.05, 0.1) is 0 Å². The molecule has 0 unspecified atom stereocenters. The van der Waals surface area contributed by atoms with Gasteiger partial charge in [-0.1, -0.05) is 0 Å². The molecule has 2 heterocycles. The first-order chi connectivity index (χ1) is 8.19. The molecule has 0 atom stereocenters. The zero-order chi connectivity index (χ0) is 12.3. The summed E-state index contributed by atoms with van der Waals surface area (Å²) < 4.78 is 5.17. The minimum absolute atomic E-state index is 0.0773. The Labute approximate surface area is 101 Å². The van der Waals surface area contributed by atoms with E-state index in [4.69, 9.17) is 4.74 Å². The molecular weight excluding hydrogens is 218 g/mol. The molecule has 0 bridgehead atoms. The third kappa shape index (κ3) is 3.06. The maximum atomic E-state index is 11.4. The summed E-state index contributed by atoms with van der Waals surface area (Å²) in [6, 6.07) is 1.57. The lowest BCUT2D eigenvalue weighted by molar-refractivity contribution is 0.139. The fraction of sp³-hybridized carbons (Fsp3) is 0.667. The van der Waals surface area contributed by atoms with Gasteiger partial charge in [-0.05, 0) is 25.7 Å². The van der Waals surface area contributed by atoms with Crippen LogP contribution in [-0.2, 0) is 4.74 Å². The van der Waals surface area contributed by atoms with Crippen molar-refractivity contribution in [3.05, 3.63) is 22.2 Å². The summed E-state index contributed by atoms with van der Waals surface area (Å²) in [5, 5.41) is 0. The third-order valence-electron chi connectivity index (χ3n) is 3.19. The first kappa shape index (κ1) is 12.1. The second-order valence-electron chi connectivity index (χ2n) is 4.57. The molecule has 1 aromatic heterocycles. The van der Waals surface area contributed by atoms with Crippen LogP contribution in [0.25, 0.3) is 0 Å². The average Bonchev–Trinajstić information content (AvgIpc) is 2.29. The molecule has 1 saturated heterocycles. The third-order valence-corrected chi connectivity index (χ3v) is 3.19. The average molecular weight is 237 g/mol. The van der Waals surface area contributed by atoms with E-state index >= 15 is 0 Å². The standard InChI is InChI=1S/C12H19N3O2/c1-9-13-11(7-12(16)14-9)15-5-3-10(4-6-15)8-17-2/h7,10H,3-6,8H2,1-2H3,(H,13,14,16). The van der Waals surface area contributed by atoms with E-state index < -0.39 is 0 Å². The van der Waals surface area contributed by atoms with E-state index in [1.54, 1.807) is 13.2 Å². The number of aryl methyl sites for hydroxylation is 1. The highest BCUT2D eigenvalue weighted by molar-refractivity contribution is 5.37. The zero-order valence-corrected chi connectivity index (χ0v) is 10.4. The van der Waals surface area contributed by atoms with Gasteiger partial charge in [0.2, 0.25) is 0 Å².